The zero-order valence-electron chi connectivity index (χ0n) is 12.4. The first-order valence-corrected chi connectivity index (χ1v) is 7.32. The lowest BCUT2D eigenvalue weighted by molar-refractivity contribution is 0.183. The van der Waals surface area contributed by atoms with Crippen molar-refractivity contribution in [2.75, 3.05) is 0 Å². The van der Waals surface area contributed by atoms with Crippen molar-refractivity contribution in [1.29, 1.82) is 5.41 Å². The first-order chi connectivity index (χ1) is 11.6. The van der Waals surface area contributed by atoms with Crippen molar-refractivity contribution < 1.29 is 5.21 Å². The Kier molecular flexibility index (Phi) is 4.26. The molecule has 0 spiro atoms. The maximum atomic E-state index is 10.0. The Balaban J connectivity index is 1.96. The maximum Gasteiger partial charge on any atom is 0.191 e. The number of aromatic nitrogens is 2. The van der Waals surface area contributed by atoms with Crippen LogP contribution < -0.4 is 11.2 Å². The predicted octanol–water partition coefficient (Wildman–Crippen LogP) is 2.15. The highest BCUT2D eigenvalue weighted by Crippen LogP contribution is 2.09. The first-order valence-electron chi connectivity index (χ1n) is 6.94. The first kappa shape index (κ1) is 15.7. The number of benzene rings is 2. The second kappa shape index (κ2) is 6.51. The predicted molar refractivity (Wildman–Crippen MR) is 92.5 cm³/mol. The average molecular weight is 341 g/mol. The van der Waals surface area contributed by atoms with Gasteiger partial charge in [0, 0.05) is 5.02 Å². The van der Waals surface area contributed by atoms with E-state index in [0.29, 0.717) is 20.8 Å². The number of hydrogen-bond acceptors (Lipinski definition) is 5. The normalized spacial score (nSPS) is 12.1. The fraction of sp³-hybridized carbons (Fsp3) is 0. The topological polar surface area (TPSA) is 113 Å². The van der Waals surface area contributed by atoms with Gasteiger partial charge in [0.1, 0.15) is 5.52 Å². The van der Waals surface area contributed by atoms with E-state index in [1.165, 1.54) is 6.21 Å². The van der Waals surface area contributed by atoms with Crippen LogP contribution in [-0.2, 0) is 0 Å². The van der Waals surface area contributed by atoms with Crippen LogP contribution in [0.25, 0.3) is 11.0 Å². The summed E-state index contributed by atoms with van der Waals surface area (Å²) < 4.78 is 0.711. The van der Waals surface area contributed by atoms with E-state index in [0.717, 1.165) is 5.56 Å². The van der Waals surface area contributed by atoms with Gasteiger partial charge < -0.3 is 10.9 Å². The third-order valence-electron chi connectivity index (χ3n) is 3.26. The van der Waals surface area contributed by atoms with Crippen LogP contribution in [0.3, 0.4) is 0 Å². The summed E-state index contributed by atoms with van der Waals surface area (Å²) in [6, 6.07) is 13.9. The van der Waals surface area contributed by atoms with Crippen LogP contribution in [0, 0.1) is 5.41 Å². The molecular formula is C16H13ClN6O. The molecule has 0 aliphatic rings. The summed E-state index contributed by atoms with van der Waals surface area (Å²) in [5.41, 5.74) is 7.33. The number of nitrogens with two attached hydrogens (primary N) is 1. The van der Waals surface area contributed by atoms with Crippen LogP contribution in [-0.4, -0.2) is 27.0 Å². The molecule has 0 amide bonds. The summed E-state index contributed by atoms with van der Waals surface area (Å²) in [6.45, 7) is 0. The largest absolute Gasteiger partial charge is 0.426 e. The minimum atomic E-state index is -0.267. The second-order valence-corrected chi connectivity index (χ2v) is 5.33. The zero-order valence-corrected chi connectivity index (χ0v) is 13.1. The molecule has 3 aromatic rings. The van der Waals surface area contributed by atoms with Crippen molar-refractivity contribution in [3.63, 3.8) is 0 Å². The quantitative estimate of drug-likeness (QED) is 0.294. The number of halogens is 1. The van der Waals surface area contributed by atoms with Crippen LogP contribution >= 0.6 is 11.6 Å². The van der Waals surface area contributed by atoms with E-state index < -0.39 is 0 Å². The fourth-order valence-electron chi connectivity index (χ4n) is 2.06. The molecule has 0 atom stereocenters. The third kappa shape index (κ3) is 3.11. The Labute approximate surface area is 141 Å². The van der Waals surface area contributed by atoms with Crippen LogP contribution in [0.1, 0.15) is 11.3 Å². The number of para-hydroxylation sites is 2. The Hall–Kier alpha value is -3.19. The van der Waals surface area contributed by atoms with Gasteiger partial charge >= 0.3 is 0 Å². The third-order valence-corrected chi connectivity index (χ3v) is 3.52. The van der Waals surface area contributed by atoms with Crippen LogP contribution in [0.4, 0.5) is 0 Å². The second-order valence-electron chi connectivity index (χ2n) is 4.89. The van der Waals surface area contributed by atoms with Crippen molar-refractivity contribution in [1.82, 2.24) is 9.71 Å². The standard InChI is InChI=1S/C16H13ClN6O/c17-11-7-5-10(6-8-11)9-20-22-15(18)14-16(19)23(24)13-4-2-1-3-12(13)21-14/h1-9,19,24H,(H2,18,22)/b19-16?,20-9+. The van der Waals surface area contributed by atoms with E-state index in [2.05, 4.69) is 15.2 Å². The van der Waals surface area contributed by atoms with E-state index in [4.69, 9.17) is 22.7 Å². The number of rotatable bonds is 3. The van der Waals surface area contributed by atoms with Gasteiger partial charge in [-0.25, -0.2) is 4.98 Å². The molecular weight excluding hydrogens is 328 g/mol. The van der Waals surface area contributed by atoms with Gasteiger partial charge in [0.25, 0.3) is 0 Å². The molecule has 0 bridgehead atoms. The number of amidine groups is 1. The molecule has 0 fully saturated rings. The van der Waals surface area contributed by atoms with E-state index >= 15 is 0 Å². The summed E-state index contributed by atoms with van der Waals surface area (Å²) in [5.74, 6) is -0.0706. The van der Waals surface area contributed by atoms with Crippen molar-refractivity contribution in [3.05, 3.63) is 70.3 Å². The lowest BCUT2D eigenvalue weighted by Gasteiger charge is -2.06. The zero-order chi connectivity index (χ0) is 17.1. The summed E-state index contributed by atoms with van der Waals surface area (Å²) in [6.07, 6.45) is 1.50. The van der Waals surface area contributed by atoms with E-state index in [-0.39, 0.29) is 17.0 Å². The molecule has 24 heavy (non-hydrogen) atoms. The van der Waals surface area contributed by atoms with Crippen molar-refractivity contribution >= 4 is 34.7 Å². The lowest BCUT2D eigenvalue weighted by Crippen LogP contribution is -2.31. The van der Waals surface area contributed by atoms with Gasteiger partial charge in [-0.1, -0.05) is 35.9 Å². The van der Waals surface area contributed by atoms with Crippen molar-refractivity contribution in [2.45, 2.75) is 0 Å². The molecule has 1 heterocycles. The molecule has 0 radical (unpaired) electrons. The highest BCUT2D eigenvalue weighted by Gasteiger charge is 2.10. The van der Waals surface area contributed by atoms with Crippen molar-refractivity contribution in [2.24, 2.45) is 15.9 Å². The maximum absolute atomic E-state index is 10.0. The number of hydrogen-bond donors (Lipinski definition) is 3. The Morgan fingerprint density at radius 3 is 2.67 bits per heavy atom. The average Bonchev–Trinajstić information content (AvgIpc) is 2.59. The molecule has 0 unspecified atom stereocenters. The molecule has 3 rings (SSSR count). The fourth-order valence-corrected chi connectivity index (χ4v) is 2.19. The Bertz CT molecular complexity index is 1010. The van der Waals surface area contributed by atoms with E-state index in [9.17, 15) is 5.21 Å². The minimum absolute atomic E-state index is 0.0458. The molecule has 0 saturated heterocycles. The Morgan fingerprint density at radius 2 is 1.92 bits per heavy atom. The van der Waals surface area contributed by atoms with Gasteiger partial charge in [-0.15, -0.1) is 5.10 Å². The van der Waals surface area contributed by atoms with E-state index in [1.807, 2.05) is 0 Å². The smallest absolute Gasteiger partial charge is 0.191 e. The highest BCUT2D eigenvalue weighted by atomic mass is 35.5. The summed E-state index contributed by atoms with van der Waals surface area (Å²) >= 11 is 5.81. The molecule has 0 aliphatic carbocycles. The molecule has 4 N–H and O–H groups in total. The Morgan fingerprint density at radius 1 is 1.21 bits per heavy atom. The van der Waals surface area contributed by atoms with Gasteiger partial charge in [0.05, 0.1) is 11.7 Å². The van der Waals surface area contributed by atoms with Gasteiger partial charge in [-0.3, -0.25) is 5.41 Å². The van der Waals surface area contributed by atoms with Gasteiger partial charge in [0.15, 0.2) is 17.0 Å². The van der Waals surface area contributed by atoms with Gasteiger partial charge in [0.2, 0.25) is 0 Å². The molecule has 1 aromatic heterocycles. The molecule has 0 saturated carbocycles. The van der Waals surface area contributed by atoms with Crippen LogP contribution in [0.5, 0.6) is 0 Å². The minimum Gasteiger partial charge on any atom is -0.426 e. The monoisotopic (exact) mass is 340 g/mol. The van der Waals surface area contributed by atoms with Gasteiger partial charge in [-0.05, 0) is 29.8 Å². The SMILES string of the molecule is N=c1c(/C(N)=N/N=C/c2ccc(Cl)cc2)nc2ccccc2n1O. The summed E-state index contributed by atoms with van der Waals surface area (Å²) in [7, 11) is 0. The molecule has 8 heteroatoms. The lowest BCUT2D eigenvalue weighted by atomic mass is 10.2. The number of nitrogens with one attached hydrogen (secondary N) is 1. The van der Waals surface area contributed by atoms with Crippen molar-refractivity contribution in [3.8, 4) is 0 Å². The molecule has 2 aromatic carbocycles. The molecule has 7 nitrogen and oxygen atoms in total. The summed E-state index contributed by atoms with van der Waals surface area (Å²) in [5, 5.41) is 26.3. The summed E-state index contributed by atoms with van der Waals surface area (Å²) in [4.78, 5) is 4.26. The highest BCUT2D eigenvalue weighted by molar-refractivity contribution is 6.30. The number of fused-ring (bicyclic) bond motifs is 1. The van der Waals surface area contributed by atoms with E-state index in [1.54, 1.807) is 48.5 Å². The van der Waals surface area contributed by atoms with Gasteiger partial charge in [-0.2, -0.15) is 9.83 Å². The number of nitrogens with zero attached hydrogens (tertiary/aromatic N) is 4. The molecule has 120 valence electrons. The van der Waals surface area contributed by atoms with Crippen LogP contribution in [0.15, 0.2) is 58.7 Å². The van der Waals surface area contributed by atoms with Crippen LogP contribution in [0.2, 0.25) is 5.02 Å². The molecule has 0 aliphatic heterocycles.